The van der Waals surface area contributed by atoms with Crippen LogP contribution in [0.25, 0.3) is 0 Å². The quantitative estimate of drug-likeness (QED) is 0.925. The molecule has 1 aliphatic rings. The zero-order valence-corrected chi connectivity index (χ0v) is 12.3. The van der Waals surface area contributed by atoms with E-state index in [0.29, 0.717) is 24.4 Å². The largest absolute Gasteiger partial charge is 0.382 e. The predicted molar refractivity (Wildman–Crippen MR) is 74.4 cm³/mol. The van der Waals surface area contributed by atoms with Crippen molar-refractivity contribution in [2.45, 2.75) is 64.5 Å². The molecule has 1 N–H and O–H groups in total. The van der Waals surface area contributed by atoms with E-state index >= 15 is 0 Å². The highest BCUT2D eigenvalue weighted by Gasteiger charge is 2.37. The summed E-state index contributed by atoms with van der Waals surface area (Å²) in [4.78, 5) is 12.4. The van der Waals surface area contributed by atoms with Gasteiger partial charge in [-0.2, -0.15) is 5.10 Å². The van der Waals surface area contributed by atoms with Crippen LogP contribution in [0.1, 0.15) is 50.4 Å². The standard InChI is InChI=1S/C14H21ClN2O2/c1-3-17-11(13(15)10(2)16-17)9-12(18)14(19)7-5-4-6-8-14/h19H,3-9H2,1-2H3. The molecule has 0 bridgehead atoms. The second-order valence-corrected chi connectivity index (χ2v) is 5.73. The van der Waals surface area contributed by atoms with E-state index in [-0.39, 0.29) is 12.2 Å². The Morgan fingerprint density at radius 3 is 2.63 bits per heavy atom. The van der Waals surface area contributed by atoms with Crippen LogP contribution in [0.3, 0.4) is 0 Å². The summed E-state index contributed by atoms with van der Waals surface area (Å²) < 4.78 is 1.75. The van der Waals surface area contributed by atoms with Crippen molar-refractivity contribution >= 4 is 17.4 Å². The van der Waals surface area contributed by atoms with Gasteiger partial charge in [0.15, 0.2) is 5.78 Å². The van der Waals surface area contributed by atoms with E-state index in [0.717, 1.165) is 30.7 Å². The molecule has 0 spiro atoms. The van der Waals surface area contributed by atoms with E-state index in [1.165, 1.54) is 0 Å². The summed E-state index contributed by atoms with van der Waals surface area (Å²) in [5, 5.41) is 15.3. The summed E-state index contributed by atoms with van der Waals surface area (Å²) in [6, 6.07) is 0. The zero-order chi connectivity index (χ0) is 14.0. The van der Waals surface area contributed by atoms with Crippen molar-refractivity contribution in [3.05, 3.63) is 16.4 Å². The monoisotopic (exact) mass is 284 g/mol. The van der Waals surface area contributed by atoms with Crippen LogP contribution in [0.15, 0.2) is 0 Å². The number of rotatable bonds is 4. The lowest BCUT2D eigenvalue weighted by molar-refractivity contribution is -0.139. The fourth-order valence-electron chi connectivity index (χ4n) is 2.77. The van der Waals surface area contributed by atoms with Crippen LogP contribution in [-0.2, 0) is 17.8 Å². The minimum Gasteiger partial charge on any atom is -0.382 e. The number of carbonyl (C=O) groups is 1. The van der Waals surface area contributed by atoms with Crippen molar-refractivity contribution in [3.8, 4) is 0 Å². The Hall–Kier alpha value is -0.870. The molecule has 1 aliphatic carbocycles. The maximum absolute atomic E-state index is 12.4. The average Bonchev–Trinajstić information content (AvgIpc) is 2.67. The van der Waals surface area contributed by atoms with E-state index in [1.807, 2.05) is 13.8 Å². The van der Waals surface area contributed by atoms with E-state index in [1.54, 1.807) is 4.68 Å². The molecule has 0 unspecified atom stereocenters. The molecule has 0 amide bonds. The molecule has 0 aromatic carbocycles. The van der Waals surface area contributed by atoms with Crippen LogP contribution in [0.5, 0.6) is 0 Å². The molecule has 5 heteroatoms. The Balaban J connectivity index is 2.18. The normalized spacial score (nSPS) is 18.5. The summed E-state index contributed by atoms with van der Waals surface area (Å²) >= 11 is 6.20. The van der Waals surface area contributed by atoms with Gasteiger partial charge in [0.25, 0.3) is 0 Å². The number of aliphatic hydroxyl groups is 1. The molecule has 1 aromatic rings. The van der Waals surface area contributed by atoms with Crippen molar-refractivity contribution in [1.29, 1.82) is 0 Å². The van der Waals surface area contributed by atoms with Gasteiger partial charge < -0.3 is 5.11 Å². The van der Waals surface area contributed by atoms with Gasteiger partial charge in [-0.15, -0.1) is 0 Å². The number of aromatic nitrogens is 2. The number of nitrogens with zero attached hydrogens (tertiary/aromatic N) is 2. The Labute approximate surface area is 118 Å². The second kappa shape index (κ2) is 5.63. The molecule has 1 heterocycles. The molecule has 0 atom stereocenters. The first-order valence-electron chi connectivity index (χ1n) is 6.95. The summed E-state index contributed by atoms with van der Waals surface area (Å²) in [6.45, 7) is 4.47. The number of hydrogen-bond acceptors (Lipinski definition) is 3. The third-order valence-corrected chi connectivity index (χ3v) is 4.47. The maximum Gasteiger partial charge on any atom is 0.170 e. The van der Waals surface area contributed by atoms with E-state index < -0.39 is 5.60 Å². The predicted octanol–water partition coefficient (Wildman–Crippen LogP) is 2.67. The SMILES string of the molecule is CCn1nc(C)c(Cl)c1CC(=O)C1(O)CCCCC1. The van der Waals surface area contributed by atoms with Crippen LogP contribution in [0.2, 0.25) is 5.02 Å². The smallest absolute Gasteiger partial charge is 0.170 e. The summed E-state index contributed by atoms with van der Waals surface area (Å²) in [5.41, 5.74) is 0.311. The van der Waals surface area contributed by atoms with E-state index in [4.69, 9.17) is 11.6 Å². The van der Waals surface area contributed by atoms with E-state index in [2.05, 4.69) is 5.10 Å². The fraction of sp³-hybridized carbons (Fsp3) is 0.714. The Morgan fingerprint density at radius 1 is 1.42 bits per heavy atom. The lowest BCUT2D eigenvalue weighted by atomic mass is 9.80. The van der Waals surface area contributed by atoms with Crippen LogP contribution in [0, 0.1) is 6.92 Å². The molecule has 106 valence electrons. The molecular weight excluding hydrogens is 264 g/mol. The molecule has 0 radical (unpaired) electrons. The van der Waals surface area contributed by atoms with Crippen molar-refractivity contribution in [1.82, 2.24) is 9.78 Å². The van der Waals surface area contributed by atoms with Crippen LogP contribution in [-0.4, -0.2) is 26.3 Å². The first-order chi connectivity index (χ1) is 8.98. The topological polar surface area (TPSA) is 55.1 Å². The minimum absolute atomic E-state index is 0.122. The average molecular weight is 285 g/mol. The Kier molecular flexibility index (Phi) is 4.31. The van der Waals surface area contributed by atoms with Gasteiger partial charge in [-0.25, -0.2) is 0 Å². The number of halogens is 1. The maximum atomic E-state index is 12.4. The van der Waals surface area contributed by atoms with Gasteiger partial charge in [-0.1, -0.05) is 30.9 Å². The van der Waals surface area contributed by atoms with Gasteiger partial charge in [-0.3, -0.25) is 9.48 Å². The zero-order valence-electron chi connectivity index (χ0n) is 11.6. The second-order valence-electron chi connectivity index (χ2n) is 5.35. The molecule has 1 aromatic heterocycles. The minimum atomic E-state index is -1.15. The first-order valence-corrected chi connectivity index (χ1v) is 7.33. The molecule has 19 heavy (non-hydrogen) atoms. The molecule has 1 fully saturated rings. The number of hydrogen-bond donors (Lipinski definition) is 1. The Morgan fingerprint density at radius 2 is 2.05 bits per heavy atom. The molecule has 0 saturated heterocycles. The van der Waals surface area contributed by atoms with Gasteiger partial charge in [0.2, 0.25) is 0 Å². The summed E-state index contributed by atoms with van der Waals surface area (Å²) in [5.74, 6) is -0.122. The number of ketones is 1. The number of carbonyl (C=O) groups excluding carboxylic acids is 1. The van der Waals surface area contributed by atoms with E-state index in [9.17, 15) is 9.90 Å². The van der Waals surface area contributed by atoms with Gasteiger partial charge in [0.1, 0.15) is 5.60 Å². The third-order valence-electron chi connectivity index (χ3n) is 3.98. The summed E-state index contributed by atoms with van der Waals surface area (Å²) in [6.07, 6.45) is 4.25. The lowest BCUT2D eigenvalue weighted by Gasteiger charge is -2.30. The Bertz CT molecular complexity index is 476. The highest BCUT2D eigenvalue weighted by Crippen LogP contribution is 2.31. The molecule has 0 aliphatic heterocycles. The van der Waals surface area contributed by atoms with Crippen LogP contribution in [0.4, 0.5) is 0 Å². The van der Waals surface area contributed by atoms with Crippen molar-refractivity contribution in [3.63, 3.8) is 0 Å². The van der Waals surface area contributed by atoms with Gasteiger partial charge in [0, 0.05) is 6.54 Å². The van der Waals surface area contributed by atoms with Crippen molar-refractivity contribution in [2.75, 3.05) is 0 Å². The fourth-order valence-corrected chi connectivity index (χ4v) is 2.97. The van der Waals surface area contributed by atoms with Crippen molar-refractivity contribution < 1.29 is 9.90 Å². The number of aryl methyl sites for hydroxylation is 2. The third kappa shape index (κ3) is 2.84. The number of Topliss-reactive ketones (excluding diaryl/α,β-unsaturated/α-hetero) is 1. The van der Waals surface area contributed by atoms with Crippen LogP contribution < -0.4 is 0 Å². The molecule has 2 rings (SSSR count). The molecule has 4 nitrogen and oxygen atoms in total. The van der Waals surface area contributed by atoms with Crippen molar-refractivity contribution in [2.24, 2.45) is 0 Å². The lowest BCUT2D eigenvalue weighted by Crippen LogP contribution is -2.41. The molecule has 1 saturated carbocycles. The van der Waals surface area contributed by atoms with Gasteiger partial charge in [0.05, 0.1) is 22.8 Å². The molecular formula is C14H21ClN2O2. The highest BCUT2D eigenvalue weighted by atomic mass is 35.5. The highest BCUT2D eigenvalue weighted by molar-refractivity contribution is 6.32. The van der Waals surface area contributed by atoms with Gasteiger partial charge >= 0.3 is 0 Å². The van der Waals surface area contributed by atoms with Gasteiger partial charge in [-0.05, 0) is 26.7 Å². The first kappa shape index (κ1) is 14.5. The summed E-state index contributed by atoms with van der Waals surface area (Å²) in [7, 11) is 0. The van der Waals surface area contributed by atoms with Crippen LogP contribution >= 0.6 is 11.6 Å².